The fraction of sp³-hybridized carbons (Fsp3) is 0.231. The van der Waals surface area contributed by atoms with Crippen LogP contribution in [0.4, 0.5) is 5.69 Å². The molecule has 0 spiro atoms. The molecule has 0 saturated carbocycles. The molecule has 0 radical (unpaired) electrons. The number of hydrogen-bond acceptors (Lipinski definition) is 6. The van der Waals surface area contributed by atoms with Crippen molar-refractivity contribution < 1.29 is 14.3 Å². The average molecular weight is 291 g/mol. The minimum atomic E-state index is -0.261. The Hall–Kier alpha value is -2.28. The van der Waals surface area contributed by atoms with Gasteiger partial charge in [0.25, 0.3) is 5.91 Å². The molecule has 7 heteroatoms. The lowest BCUT2D eigenvalue weighted by Gasteiger charge is -2.13. The third-order valence-corrected chi connectivity index (χ3v) is 3.92. The van der Waals surface area contributed by atoms with E-state index in [4.69, 9.17) is 15.2 Å². The molecule has 1 aliphatic rings. The Morgan fingerprint density at radius 1 is 1.45 bits per heavy atom. The highest BCUT2D eigenvalue weighted by Gasteiger charge is 2.21. The van der Waals surface area contributed by atoms with Gasteiger partial charge in [0, 0.05) is 23.3 Å². The molecule has 0 bridgehead atoms. The summed E-state index contributed by atoms with van der Waals surface area (Å²) in [4.78, 5) is 16.4. The zero-order chi connectivity index (χ0) is 14.1. The molecule has 1 amide bonds. The highest BCUT2D eigenvalue weighted by Crippen LogP contribution is 2.36. The van der Waals surface area contributed by atoms with Gasteiger partial charge in [-0.25, -0.2) is 4.98 Å². The van der Waals surface area contributed by atoms with E-state index >= 15 is 0 Å². The number of benzene rings is 1. The quantitative estimate of drug-likeness (QED) is 0.844. The number of thiazole rings is 1. The number of aromatic nitrogens is 1. The lowest BCUT2D eigenvalue weighted by atomic mass is 10.1. The van der Waals surface area contributed by atoms with Crippen LogP contribution in [0.1, 0.15) is 28.3 Å². The summed E-state index contributed by atoms with van der Waals surface area (Å²) in [5, 5.41) is 5.58. The fourth-order valence-corrected chi connectivity index (χ4v) is 2.58. The molecule has 1 atom stereocenters. The van der Waals surface area contributed by atoms with E-state index in [-0.39, 0.29) is 18.7 Å². The van der Waals surface area contributed by atoms with Gasteiger partial charge in [0.15, 0.2) is 11.5 Å². The van der Waals surface area contributed by atoms with Crippen molar-refractivity contribution in [3.8, 4) is 11.5 Å². The Labute approximate surface area is 119 Å². The first kappa shape index (κ1) is 12.7. The maximum Gasteiger partial charge on any atom is 0.254 e. The molecule has 1 aromatic carbocycles. The molecule has 6 nitrogen and oxygen atoms in total. The predicted octanol–water partition coefficient (Wildman–Crippen LogP) is 1.95. The van der Waals surface area contributed by atoms with Gasteiger partial charge in [0.1, 0.15) is 5.01 Å². The monoisotopic (exact) mass is 291 g/mol. The van der Waals surface area contributed by atoms with Crippen LogP contribution in [0.15, 0.2) is 23.7 Å². The van der Waals surface area contributed by atoms with Crippen molar-refractivity contribution >= 4 is 22.9 Å². The van der Waals surface area contributed by atoms with E-state index in [2.05, 4.69) is 10.3 Å². The van der Waals surface area contributed by atoms with Gasteiger partial charge in [-0.05, 0) is 13.0 Å². The molecular weight excluding hydrogens is 278 g/mol. The van der Waals surface area contributed by atoms with Crippen LogP contribution in [-0.2, 0) is 0 Å². The number of nitrogens with one attached hydrogen (secondary N) is 1. The average Bonchev–Trinajstić information content (AvgIpc) is 3.08. The summed E-state index contributed by atoms with van der Waals surface area (Å²) in [5.41, 5.74) is 6.61. The molecule has 3 rings (SSSR count). The van der Waals surface area contributed by atoms with E-state index in [1.165, 1.54) is 11.3 Å². The van der Waals surface area contributed by atoms with Gasteiger partial charge in [-0.3, -0.25) is 4.79 Å². The summed E-state index contributed by atoms with van der Waals surface area (Å²) < 4.78 is 10.5. The van der Waals surface area contributed by atoms with Crippen LogP contribution in [0.5, 0.6) is 11.5 Å². The first-order valence-corrected chi connectivity index (χ1v) is 6.92. The largest absolute Gasteiger partial charge is 0.454 e. The molecule has 0 aliphatic carbocycles. The molecule has 0 saturated heterocycles. The number of hydrogen-bond donors (Lipinski definition) is 2. The van der Waals surface area contributed by atoms with Crippen molar-refractivity contribution in [3.63, 3.8) is 0 Å². The van der Waals surface area contributed by atoms with E-state index in [1.54, 1.807) is 18.3 Å². The number of ether oxygens (including phenoxy) is 2. The van der Waals surface area contributed by atoms with Gasteiger partial charge in [0.05, 0.1) is 11.6 Å². The summed E-state index contributed by atoms with van der Waals surface area (Å²) in [6.07, 6.45) is 1.71. The summed E-state index contributed by atoms with van der Waals surface area (Å²) in [6, 6.07) is 3.03. The highest BCUT2D eigenvalue weighted by molar-refractivity contribution is 7.09. The van der Waals surface area contributed by atoms with Crippen LogP contribution in [0, 0.1) is 0 Å². The van der Waals surface area contributed by atoms with Crippen LogP contribution < -0.4 is 20.5 Å². The van der Waals surface area contributed by atoms with E-state index in [0.717, 1.165) is 5.01 Å². The molecule has 104 valence electrons. The number of fused-ring (bicyclic) bond motifs is 1. The number of carbonyl (C=O) groups excluding carboxylic acids is 1. The fourth-order valence-electron chi connectivity index (χ4n) is 1.94. The molecular formula is C13H13N3O3S. The lowest BCUT2D eigenvalue weighted by Crippen LogP contribution is -2.27. The van der Waals surface area contributed by atoms with Crippen molar-refractivity contribution in [1.82, 2.24) is 10.3 Å². The number of nitrogens with zero attached hydrogens (tertiary/aromatic N) is 1. The molecule has 20 heavy (non-hydrogen) atoms. The first-order chi connectivity index (χ1) is 9.65. The van der Waals surface area contributed by atoms with Crippen LogP contribution in [0.2, 0.25) is 0 Å². The summed E-state index contributed by atoms with van der Waals surface area (Å²) >= 11 is 1.49. The van der Waals surface area contributed by atoms with Crippen LogP contribution in [-0.4, -0.2) is 17.7 Å². The second-order valence-corrected chi connectivity index (χ2v) is 5.28. The lowest BCUT2D eigenvalue weighted by molar-refractivity contribution is 0.0940. The van der Waals surface area contributed by atoms with Gasteiger partial charge < -0.3 is 20.5 Å². The summed E-state index contributed by atoms with van der Waals surface area (Å²) in [5.74, 6) is 0.835. The number of amides is 1. The molecule has 1 aromatic heterocycles. The Morgan fingerprint density at radius 2 is 2.20 bits per heavy atom. The number of nitrogens with two attached hydrogens (primary N) is 1. The van der Waals surface area contributed by atoms with E-state index < -0.39 is 0 Å². The van der Waals surface area contributed by atoms with Crippen molar-refractivity contribution in [2.24, 2.45) is 0 Å². The van der Waals surface area contributed by atoms with Crippen molar-refractivity contribution in [3.05, 3.63) is 34.3 Å². The normalized spacial score (nSPS) is 14.1. The van der Waals surface area contributed by atoms with Gasteiger partial charge in [-0.2, -0.15) is 0 Å². The second kappa shape index (κ2) is 5.01. The molecule has 2 heterocycles. The number of nitrogen functional groups attached to an aromatic ring is 1. The minimum absolute atomic E-state index is 0.148. The van der Waals surface area contributed by atoms with Crippen molar-refractivity contribution in [2.75, 3.05) is 12.5 Å². The molecule has 2 aromatic rings. The van der Waals surface area contributed by atoms with Crippen molar-refractivity contribution in [1.29, 1.82) is 0 Å². The minimum Gasteiger partial charge on any atom is -0.454 e. The first-order valence-electron chi connectivity index (χ1n) is 6.04. The topological polar surface area (TPSA) is 86.5 Å². The van der Waals surface area contributed by atoms with Gasteiger partial charge in [0.2, 0.25) is 6.79 Å². The van der Waals surface area contributed by atoms with Crippen LogP contribution in [0.3, 0.4) is 0 Å². The Balaban J connectivity index is 1.81. The SMILES string of the molecule is CC(NC(=O)c1cc2c(cc1N)OCO2)c1nccs1. The predicted molar refractivity (Wildman–Crippen MR) is 75.0 cm³/mol. The molecule has 3 N–H and O–H groups in total. The molecule has 1 unspecified atom stereocenters. The van der Waals surface area contributed by atoms with Crippen LogP contribution in [0.25, 0.3) is 0 Å². The number of carbonyl (C=O) groups is 1. The Kier molecular flexibility index (Phi) is 3.19. The third-order valence-electron chi connectivity index (χ3n) is 2.96. The van der Waals surface area contributed by atoms with Gasteiger partial charge in [-0.1, -0.05) is 0 Å². The van der Waals surface area contributed by atoms with Crippen LogP contribution >= 0.6 is 11.3 Å². The maximum atomic E-state index is 12.3. The zero-order valence-corrected chi connectivity index (χ0v) is 11.6. The molecule has 0 fully saturated rings. The summed E-state index contributed by atoms with van der Waals surface area (Å²) in [6.45, 7) is 2.02. The Morgan fingerprint density at radius 3 is 2.90 bits per heavy atom. The highest BCUT2D eigenvalue weighted by atomic mass is 32.1. The number of anilines is 1. The maximum absolute atomic E-state index is 12.3. The van der Waals surface area contributed by atoms with E-state index in [0.29, 0.717) is 22.7 Å². The van der Waals surface area contributed by atoms with Gasteiger partial charge >= 0.3 is 0 Å². The van der Waals surface area contributed by atoms with E-state index in [1.807, 2.05) is 12.3 Å². The molecule has 1 aliphatic heterocycles. The standard InChI is InChI=1S/C13H13N3O3S/c1-7(13-15-2-3-20-13)16-12(17)8-4-10-11(5-9(8)14)19-6-18-10/h2-5,7H,6,14H2,1H3,(H,16,17). The van der Waals surface area contributed by atoms with Crippen molar-refractivity contribution in [2.45, 2.75) is 13.0 Å². The third kappa shape index (κ3) is 2.27. The van der Waals surface area contributed by atoms with E-state index in [9.17, 15) is 4.79 Å². The second-order valence-electron chi connectivity index (χ2n) is 4.36. The number of rotatable bonds is 3. The smallest absolute Gasteiger partial charge is 0.254 e. The zero-order valence-electron chi connectivity index (χ0n) is 10.8. The summed E-state index contributed by atoms with van der Waals surface area (Å²) in [7, 11) is 0. The Bertz CT molecular complexity index is 643. The van der Waals surface area contributed by atoms with Gasteiger partial charge in [-0.15, -0.1) is 11.3 Å².